The Morgan fingerprint density at radius 1 is 1.41 bits per heavy atom. The van der Waals surface area contributed by atoms with Gasteiger partial charge in [0, 0.05) is 17.2 Å². The van der Waals surface area contributed by atoms with Crippen LogP contribution in [0.15, 0.2) is 18.7 Å². The van der Waals surface area contributed by atoms with Crippen molar-refractivity contribution in [1.82, 2.24) is 0 Å². The van der Waals surface area contributed by atoms with Crippen molar-refractivity contribution in [2.75, 3.05) is 20.8 Å². The summed E-state index contributed by atoms with van der Waals surface area (Å²) in [6, 6.07) is 1.92. The second-order valence-electron chi connectivity index (χ2n) is 4.52. The molecule has 1 heterocycles. The number of hydrogen-bond donors (Lipinski definition) is 0. The monoisotopic (exact) mass is 234 g/mol. The lowest BCUT2D eigenvalue weighted by molar-refractivity contribution is 0.305. The predicted molar refractivity (Wildman–Crippen MR) is 67.3 cm³/mol. The first-order valence-corrected chi connectivity index (χ1v) is 5.60. The third kappa shape index (κ3) is 1.57. The quantitative estimate of drug-likeness (QED) is 0.753. The summed E-state index contributed by atoms with van der Waals surface area (Å²) in [5.74, 6) is 2.44. The SMILES string of the molecule is C=C[C@@]1(C)COc2cc(OC)c(C)c(OC)c21. The van der Waals surface area contributed by atoms with E-state index in [2.05, 4.69) is 13.5 Å². The molecule has 0 fully saturated rings. The van der Waals surface area contributed by atoms with E-state index in [1.807, 2.05) is 19.1 Å². The van der Waals surface area contributed by atoms with E-state index in [1.165, 1.54) is 0 Å². The van der Waals surface area contributed by atoms with Gasteiger partial charge in [0.05, 0.1) is 19.6 Å². The molecular weight excluding hydrogens is 216 g/mol. The standard InChI is InChI=1S/C14H18O3/c1-6-14(3)8-17-11-7-10(15-4)9(2)13(16-5)12(11)14/h6-7H,1,8H2,2-5H3/t14-/m0/s1. The van der Waals surface area contributed by atoms with Crippen molar-refractivity contribution >= 4 is 0 Å². The average Bonchev–Trinajstić information content (AvgIpc) is 2.67. The average molecular weight is 234 g/mol. The highest BCUT2D eigenvalue weighted by atomic mass is 16.5. The van der Waals surface area contributed by atoms with Crippen LogP contribution in [0.3, 0.4) is 0 Å². The van der Waals surface area contributed by atoms with E-state index in [-0.39, 0.29) is 5.41 Å². The fraction of sp³-hybridized carbons (Fsp3) is 0.429. The second-order valence-corrected chi connectivity index (χ2v) is 4.52. The van der Waals surface area contributed by atoms with E-state index in [9.17, 15) is 0 Å². The Labute approximate surface area is 102 Å². The van der Waals surface area contributed by atoms with E-state index in [4.69, 9.17) is 14.2 Å². The Morgan fingerprint density at radius 3 is 2.65 bits per heavy atom. The first-order valence-electron chi connectivity index (χ1n) is 5.60. The molecule has 1 aliphatic heterocycles. The van der Waals surface area contributed by atoms with Gasteiger partial charge in [-0.2, -0.15) is 0 Å². The van der Waals surface area contributed by atoms with Crippen LogP contribution in [0, 0.1) is 6.92 Å². The predicted octanol–water partition coefficient (Wildman–Crippen LogP) is 2.85. The first-order chi connectivity index (χ1) is 8.07. The van der Waals surface area contributed by atoms with Crippen molar-refractivity contribution in [2.45, 2.75) is 19.3 Å². The third-order valence-electron chi connectivity index (χ3n) is 3.42. The highest BCUT2D eigenvalue weighted by Crippen LogP contribution is 2.49. The van der Waals surface area contributed by atoms with Crippen molar-refractivity contribution in [2.24, 2.45) is 0 Å². The van der Waals surface area contributed by atoms with Crippen LogP contribution in [0.25, 0.3) is 0 Å². The molecule has 3 heteroatoms. The Kier molecular flexibility index (Phi) is 2.77. The van der Waals surface area contributed by atoms with Crippen LogP contribution >= 0.6 is 0 Å². The summed E-state index contributed by atoms with van der Waals surface area (Å²) >= 11 is 0. The lowest BCUT2D eigenvalue weighted by Gasteiger charge is -2.21. The van der Waals surface area contributed by atoms with Crippen LogP contribution in [0.1, 0.15) is 18.1 Å². The molecule has 92 valence electrons. The van der Waals surface area contributed by atoms with E-state index in [0.29, 0.717) is 6.61 Å². The Balaban J connectivity index is 2.72. The van der Waals surface area contributed by atoms with Gasteiger partial charge in [-0.05, 0) is 13.8 Å². The van der Waals surface area contributed by atoms with Crippen LogP contribution in [-0.2, 0) is 5.41 Å². The minimum Gasteiger partial charge on any atom is -0.496 e. The zero-order valence-corrected chi connectivity index (χ0v) is 10.8. The lowest BCUT2D eigenvalue weighted by atomic mass is 9.83. The maximum Gasteiger partial charge on any atom is 0.133 e. The minimum absolute atomic E-state index is 0.197. The van der Waals surface area contributed by atoms with Gasteiger partial charge in [-0.15, -0.1) is 6.58 Å². The van der Waals surface area contributed by atoms with E-state index < -0.39 is 0 Å². The van der Waals surface area contributed by atoms with Gasteiger partial charge in [-0.25, -0.2) is 0 Å². The Bertz CT molecular complexity index is 465. The molecule has 1 aliphatic rings. The third-order valence-corrected chi connectivity index (χ3v) is 3.42. The van der Waals surface area contributed by atoms with Gasteiger partial charge in [-0.1, -0.05) is 6.08 Å². The molecule has 1 aromatic rings. The molecule has 0 spiro atoms. The van der Waals surface area contributed by atoms with Crippen molar-refractivity contribution in [3.05, 3.63) is 29.8 Å². The first kappa shape index (κ1) is 11.8. The van der Waals surface area contributed by atoms with Crippen LogP contribution in [0.4, 0.5) is 0 Å². The summed E-state index contributed by atoms with van der Waals surface area (Å²) in [5, 5.41) is 0. The van der Waals surface area contributed by atoms with Crippen molar-refractivity contribution < 1.29 is 14.2 Å². The number of hydrogen-bond acceptors (Lipinski definition) is 3. The molecule has 0 unspecified atom stereocenters. The molecule has 0 amide bonds. The zero-order chi connectivity index (χ0) is 12.6. The van der Waals surface area contributed by atoms with Gasteiger partial charge < -0.3 is 14.2 Å². The molecule has 0 aromatic heterocycles. The van der Waals surface area contributed by atoms with Crippen molar-refractivity contribution in [3.63, 3.8) is 0 Å². The molecule has 0 saturated heterocycles. The topological polar surface area (TPSA) is 27.7 Å². The lowest BCUT2D eigenvalue weighted by Crippen LogP contribution is -2.21. The summed E-state index contributed by atoms with van der Waals surface area (Å²) in [6.07, 6.45) is 1.91. The van der Waals surface area contributed by atoms with Crippen molar-refractivity contribution in [3.8, 4) is 17.2 Å². The number of fused-ring (bicyclic) bond motifs is 1. The molecular formula is C14H18O3. The van der Waals surface area contributed by atoms with E-state index in [0.717, 1.165) is 28.4 Å². The van der Waals surface area contributed by atoms with Gasteiger partial charge >= 0.3 is 0 Å². The van der Waals surface area contributed by atoms with Crippen LogP contribution in [-0.4, -0.2) is 20.8 Å². The van der Waals surface area contributed by atoms with E-state index >= 15 is 0 Å². The molecule has 2 rings (SSSR count). The van der Waals surface area contributed by atoms with Gasteiger partial charge in [0.15, 0.2) is 0 Å². The summed E-state index contributed by atoms with van der Waals surface area (Å²) in [5.41, 5.74) is 1.86. The van der Waals surface area contributed by atoms with Gasteiger partial charge in [0.2, 0.25) is 0 Å². The maximum atomic E-state index is 5.71. The summed E-state index contributed by atoms with van der Waals surface area (Å²) in [7, 11) is 3.32. The molecule has 0 radical (unpaired) electrons. The smallest absolute Gasteiger partial charge is 0.133 e. The van der Waals surface area contributed by atoms with Crippen LogP contribution in [0.2, 0.25) is 0 Å². The number of benzene rings is 1. The highest BCUT2D eigenvalue weighted by molar-refractivity contribution is 5.62. The molecule has 0 bridgehead atoms. The molecule has 0 saturated carbocycles. The number of rotatable bonds is 3. The number of ether oxygens (including phenoxy) is 3. The largest absolute Gasteiger partial charge is 0.496 e. The highest BCUT2D eigenvalue weighted by Gasteiger charge is 2.38. The molecule has 1 atom stereocenters. The van der Waals surface area contributed by atoms with Crippen LogP contribution in [0.5, 0.6) is 17.2 Å². The molecule has 17 heavy (non-hydrogen) atoms. The Morgan fingerprint density at radius 2 is 2.12 bits per heavy atom. The summed E-state index contributed by atoms with van der Waals surface area (Å²) in [6.45, 7) is 8.57. The van der Waals surface area contributed by atoms with Gasteiger partial charge in [0.1, 0.15) is 23.9 Å². The normalized spacial score (nSPS) is 21.6. The number of methoxy groups -OCH3 is 2. The van der Waals surface area contributed by atoms with Crippen molar-refractivity contribution in [1.29, 1.82) is 0 Å². The summed E-state index contributed by atoms with van der Waals surface area (Å²) < 4.78 is 16.6. The zero-order valence-electron chi connectivity index (χ0n) is 10.8. The Hall–Kier alpha value is -1.64. The molecule has 3 nitrogen and oxygen atoms in total. The summed E-state index contributed by atoms with van der Waals surface area (Å²) in [4.78, 5) is 0. The minimum atomic E-state index is -0.197. The fourth-order valence-corrected chi connectivity index (χ4v) is 2.29. The second kappa shape index (κ2) is 3.99. The fourth-order valence-electron chi connectivity index (χ4n) is 2.29. The molecule has 0 N–H and O–H groups in total. The molecule has 0 aliphatic carbocycles. The van der Waals surface area contributed by atoms with Gasteiger partial charge in [-0.3, -0.25) is 0 Å². The molecule has 1 aromatic carbocycles. The van der Waals surface area contributed by atoms with E-state index in [1.54, 1.807) is 14.2 Å². The van der Waals surface area contributed by atoms with Gasteiger partial charge in [0.25, 0.3) is 0 Å². The maximum absolute atomic E-state index is 5.71. The van der Waals surface area contributed by atoms with Crippen LogP contribution < -0.4 is 14.2 Å².